The van der Waals surface area contributed by atoms with Crippen molar-refractivity contribution in [2.45, 2.75) is 50.6 Å². The molecule has 4 atom stereocenters. The number of morpholine rings is 2. The molecule has 2 aliphatic rings. The van der Waals surface area contributed by atoms with Crippen LogP contribution in [0.4, 0.5) is 38.2 Å². The first-order chi connectivity index (χ1) is 29.8. The molecule has 2 aliphatic heterocycles. The van der Waals surface area contributed by atoms with E-state index < -0.39 is 23.5 Å². The van der Waals surface area contributed by atoms with Crippen LogP contribution >= 0.6 is 0 Å². The monoisotopic (exact) mass is 858 g/mol. The molecule has 0 spiro atoms. The van der Waals surface area contributed by atoms with Crippen LogP contribution < -0.4 is 9.80 Å². The minimum atomic E-state index is -4.45. The van der Waals surface area contributed by atoms with Crippen LogP contribution in [0.5, 0.6) is 0 Å². The molecular formula is C40H36F6N14O2. The van der Waals surface area contributed by atoms with Crippen molar-refractivity contribution in [2.24, 2.45) is 0 Å². The summed E-state index contributed by atoms with van der Waals surface area (Å²) in [6.45, 7) is 6.15. The number of halogens is 6. The van der Waals surface area contributed by atoms with Crippen LogP contribution in [0.1, 0.15) is 48.3 Å². The van der Waals surface area contributed by atoms with Crippen molar-refractivity contribution >= 4 is 23.2 Å². The van der Waals surface area contributed by atoms with Crippen molar-refractivity contribution < 1.29 is 35.8 Å². The predicted molar refractivity (Wildman–Crippen MR) is 211 cm³/mol. The van der Waals surface area contributed by atoms with Gasteiger partial charge in [0.2, 0.25) is 11.9 Å². The van der Waals surface area contributed by atoms with Gasteiger partial charge in [0.15, 0.2) is 0 Å². The van der Waals surface area contributed by atoms with Gasteiger partial charge in [0, 0.05) is 61.4 Å². The number of nitrogens with zero attached hydrogens (tertiary/aromatic N) is 12. The Balaban J connectivity index is 0.000000158. The molecule has 0 amide bonds. The summed E-state index contributed by atoms with van der Waals surface area (Å²) < 4.78 is 93.8. The number of alkyl halides is 6. The summed E-state index contributed by atoms with van der Waals surface area (Å²) in [5, 5.41) is 13.5. The van der Waals surface area contributed by atoms with Gasteiger partial charge < -0.3 is 19.3 Å². The molecule has 320 valence electrons. The number of nitrogens with one attached hydrogen (secondary N) is 2. The number of hydrogen-bond acceptors (Lipinski definition) is 12. The van der Waals surface area contributed by atoms with E-state index in [-0.39, 0.29) is 24.4 Å². The number of H-pyrrole nitrogens is 2. The molecule has 62 heavy (non-hydrogen) atoms. The highest BCUT2D eigenvalue weighted by Crippen LogP contribution is 2.34. The molecule has 0 aliphatic carbocycles. The number of anilines is 2. The Labute approximate surface area is 347 Å². The highest BCUT2D eigenvalue weighted by Gasteiger charge is 2.34. The molecular weight excluding hydrogens is 823 g/mol. The van der Waals surface area contributed by atoms with E-state index in [0.29, 0.717) is 72.1 Å². The standard InChI is InChI=1S/2C20H18F3N7O/c2*1-12-9-29(11-17(31-12)13-6-26-27-7-13)19-24-5-4-15(28-19)16-8-25-18-3-2-14(10-30(16)18)20(21,22)23/h2*2-8,10,12,17H,9,11H2,1H3,(H,26,27)/t12-,17-;/m0./s1. The van der Waals surface area contributed by atoms with Crippen LogP contribution in [0.2, 0.25) is 0 Å². The van der Waals surface area contributed by atoms with Gasteiger partial charge in [0.25, 0.3) is 0 Å². The number of aromatic amines is 2. The fourth-order valence-electron chi connectivity index (χ4n) is 7.43. The smallest absolute Gasteiger partial charge is 0.367 e. The molecule has 10 heterocycles. The van der Waals surface area contributed by atoms with Gasteiger partial charge in [-0.1, -0.05) is 0 Å². The number of ether oxygens (including phenoxy) is 2. The normalized spacial score (nSPS) is 19.8. The summed E-state index contributed by atoms with van der Waals surface area (Å²) in [6.07, 6.45) is 5.88. The second-order valence-corrected chi connectivity index (χ2v) is 14.8. The van der Waals surface area contributed by atoms with E-state index in [4.69, 9.17) is 9.47 Å². The van der Waals surface area contributed by atoms with E-state index >= 15 is 0 Å². The van der Waals surface area contributed by atoms with Crippen molar-refractivity contribution in [3.8, 4) is 22.8 Å². The van der Waals surface area contributed by atoms with Gasteiger partial charge in [-0.15, -0.1) is 0 Å². The highest BCUT2D eigenvalue weighted by atomic mass is 19.4. The average molecular weight is 859 g/mol. The number of rotatable bonds is 6. The van der Waals surface area contributed by atoms with Gasteiger partial charge in [-0.3, -0.25) is 19.0 Å². The molecule has 10 rings (SSSR count). The van der Waals surface area contributed by atoms with Gasteiger partial charge in [-0.25, -0.2) is 29.9 Å². The van der Waals surface area contributed by atoms with Gasteiger partial charge in [-0.2, -0.15) is 36.5 Å². The second-order valence-electron chi connectivity index (χ2n) is 14.8. The molecule has 8 aromatic rings. The number of aromatic nitrogens is 12. The summed E-state index contributed by atoms with van der Waals surface area (Å²) in [4.78, 5) is 30.4. The van der Waals surface area contributed by atoms with E-state index in [2.05, 4.69) is 50.3 Å². The van der Waals surface area contributed by atoms with Crippen LogP contribution in [-0.4, -0.2) is 97.5 Å². The van der Waals surface area contributed by atoms with Gasteiger partial charge in [0.05, 0.1) is 84.0 Å². The molecule has 0 saturated carbocycles. The SMILES string of the molecule is CC1CN(c2nccc(-c3cnc4ccc(C(F)(F)F)cn34)n2)CC(c2cn[nH]c2)O1.C[C@H]1CN(c2nccc(-c3cnc4ccc(C(F)(F)F)cn34)n2)C[C@@H](c2cn[nH]c2)O1. The Kier molecular flexibility index (Phi) is 10.5. The maximum Gasteiger partial charge on any atom is 0.417 e. The molecule has 8 aromatic heterocycles. The quantitative estimate of drug-likeness (QED) is 0.165. The summed E-state index contributed by atoms with van der Waals surface area (Å²) in [5.41, 5.74) is 3.04. The fourth-order valence-corrected chi connectivity index (χ4v) is 7.43. The van der Waals surface area contributed by atoms with Crippen molar-refractivity contribution in [3.63, 3.8) is 0 Å². The first-order valence-electron chi connectivity index (χ1n) is 19.3. The first kappa shape index (κ1) is 40.5. The number of fused-ring (bicyclic) bond motifs is 2. The molecule has 2 N–H and O–H groups in total. The van der Waals surface area contributed by atoms with Crippen LogP contribution in [0.25, 0.3) is 34.1 Å². The second kappa shape index (κ2) is 16.2. The van der Waals surface area contributed by atoms with E-state index in [9.17, 15) is 26.3 Å². The Morgan fingerprint density at radius 1 is 0.565 bits per heavy atom. The number of pyridine rings is 2. The lowest BCUT2D eigenvalue weighted by molar-refractivity contribution is -0.138. The van der Waals surface area contributed by atoms with E-state index in [1.807, 2.05) is 23.6 Å². The first-order valence-corrected chi connectivity index (χ1v) is 19.3. The van der Waals surface area contributed by atoms with Crippen molar-refractivity contribution in [1.29, 1.82) is 0 Å². The molecule has 16 nitrogen and oxygen atoms in total. The third-order valence-corrected chi connectivity index (χ3v) is 10.3. The predicted octanol–water partition coefficient (Wildman–Crippen LogP) is 7.00. The Morgan fingerprint density at radius 2 is 1.00 bits per heavy atom. The lowest BCUT2D eigenvalue weighted by Gasteiger charge is -2.36. The average Bonchev–Trinajstić information content (AvgIpc) is 4.10. The molecule has 0 bridgehead atoms. The highest BCUT2D eigenvalue weighted by molar-refractivity contribution is 5.63. The summed E-state index contributed by atoms with van der Waals surface area (Å²) in [6, 6.07) is 8.03. The molecule has 2 unspecified atom stereocenters. The minimum absolute atomic E-state index is 0.0638. The van der Waals surface area contributed by atoms with E-state index in [1.54, 1.807) is 49.3 Å². The summed E-state index contributed by atoms with van der Waals surface area (Å²) in [7, 11) is 0. The zero-order chi connectivity index (χ0) is 43.2. The lowest BCUT2D eigenvalue weighted by Crippen LogP contribution is -2.43. The zero-order valence-corrected chi connectivity index (χ0v) is 32.8. The lowest BCUT2D eigenvalue weighted by atomic mass is 10.1. The van der Waals surface area contributed by atoms with Crippen LogP contribution in [0, 0.1) is 0 Å². The maximum absolute atomic E-state index is 13.2. The van der Waals surface area contributed by atoms with Gasteiger partial charge in [-0.05, 0) is 50.2 Å². The number of hydrogen-bond donors (Lipinski definition) is 2. The molecule has 0 aromatic carbocycles. The van der Waals surface area contributed by atoms with Crippen molar-refractivity contribution in [2.75, 3.05) is 36.0 Å². The van der Waals surface area contributed by atoms with E-state index in [1.165, 1.54) is 33.3 Å². The maximum atomic E-state index is 13.2. The fraction of sp³-hybridized carbons (Fsp3) is 0.300. The minimum Gasteiger partial charge on any atom is -0.367 e. The molecule has 2 saturated heterocycles. The Hall–Kier alpha value is -6.94. The molecule has 2 fully saturated rings. The molecule has 0 radical (unpaired) electrons. The number of imidazole rings is 2. The summed E-state index contributed by atoms with van der Waals surface area (Å²) >= 11 is 0. The topological polar surface area (TPSA) is 168 Å². The Bertz CT molecular complexity index is 2600. The zero-order valence-electron chi connectivity index (χ0n) is 32.8. The third-order valence-electron chi connectivity index (χ3n) is 10.3. The van der Waals surface area contributed by atoms with E-state index in [0.717, 1.165) is 35.7 Å². The van der Waals surface area contributed by atoms with Crippen LogP contribution in [0.15, 0.2) is 98.4 Å². The van der Waals surface area contributed by atoms with Gasteiger partial charge in [0.1, 0.15) is 23.5 Å². The van der Waals surface area contributed by atoms with Crippen LogP contribution in [0.3, 0.4) is 0 Å². The van der Waals surface area contributed by atoms with Crippen molar-refractivity contribution in [1.82, 2.24) is 59.1 Å². The molecule has 22 heteroatoms. The summed E-state index contributed by atoms with van der Waals surface area (Å²) in [5.74, 6) is 0.950. The van der Waals surface area contributed by atoms with Gasteiger partial charge >= 0.3 is 12.4 Å². The van der Waals surface area contributed by atoms with Crippen LogP contribution in [-0.2, 0) is 21.8 Å². The largest absolute Gasteiger partial charge is 0.417 e. The Morgan fingerprint density at radius 3 is 1.39 bits per heavy atom. The third kappa shape index (κ3) is 8.37. The van der Waals surface area contributed by atoms with Crippen molar-refractivity contribution in [3.05, 3.63) is 121 Å².